The molecule has 0 aromatic carbocycles. The number of hydrogen-bond acceptors (Lipinski definition) is 5. The number of hydrogen-bond donors (Lipinski definition) is 3. The van der Waals surface area contributed by atoms with Crippen molar-refractivity contribution < 1.29 is 24.3 Å². The van der Waals surface area contributed by atoms with Gasteiger partial charge in [-0.15, -0.1) is 0 Å². The number of ether oxygens (including phenoxy) is 1. The summed E-state index contributed by atoms with van der Waals surface area (Å²) in [5, 5.41) is 12.8. The van der Waals surface area contributed by atoms with Gasteiger partial charge in [0.05, 0.1) is 17.9 Å². The zero-order valence-corrected chi connectivity index (χ0v) is 20.6. The Hall–Kier alpha value is -1.90. The number of amides is 3. The topological polar surface area (TPSA) is 108 Å². The molecule has 186 valence electrons. The zero-order chi connectivity index (χ0) is 24.4. The van der Waals surface area contributed by atoms with Crippen molar-refractivity contribution in [3.63, 3.8) is 0 Å². The van der Waals surface area contributed by atoms with E-state index in [0.29, 0.717) is 50.4 Å². The zero-order valence-electron chi connectivity index (χ0n) is 19.9. The lowest BCUT2D eigenvalue weighted by Gasteiger charge is -2.40. The van der Waals surface area contributed by atoms with Gasteiger partial charge in [-0.1, -0.05) is 30.7 Å². The van der Waals surface area contributed by atoms with Crippen LogP contribution in [0.5, 0.6) is 0 Å². The van der Waals surface area contributed by atoms with Crippen LogP contribution in [-0.2, 0) is 19.1 Å². The molecule has 1 fully saturated rings. The van der Waals surface area contributed by atoms with Crippen molar-refractivity contribution >= 4 is 29.3 Å². The largest absolute Gasteiger partial charge is 0.379 e. The van der Waals surface area contributed by atoms with Crippen LogP contribution in [0.25, 0.3) is 0 Å². The summed E-state index contributed by atoms with van der Waals surface area (Å²) in [6, 6.07) is -0.568. The van der Waals surface area contributed by atoms with Crippen LogP contribution in [-0.4, -0.2) is 59.7 Å². The monoisotopic (exact) mass is 483 g/mol. The molecule has 33 heavy (non-hydrogen) atoms. The van der Waals surface area contributed by atoms with Gasteiger partial charge in [0.25, 0.3) is 0 Å². The Kier molecular flexibility index (Phi) is 11.4. The van der Waals surface area contributed by atoms with Crippen LogP contribution < -0.4 is 10.8 Å². The molecule has 1 unspecified atom stereocenters. The highest BCUT2D eigenvalue weighted by molar-refractivity contribution is 6.31. The van der Waals surface area contributed by atoms with Crippen LogP contribution in [0.15, 0.2) is 23.3 Å². The summed E-state index contributed by atoms with van der Waals surface area (Å²) in [5.41, 5.74) is 1.72. The van der Waals surface area contributed by atoms with E-state index in [1.54, 1.807) is 16.5 Å². The second-order valence-corrected chi connectivity index (χ2v) is 9.41. The van der Waals surface area contributed by atoms with Gasteiger partial charge in [-0.05, 0) is 64.4 Å². The highest BCUT2D eigenvalue weighted by atomic mass is 35.5. The molecular formula is C24H38ClN3O5. The lowest BCUT2D eigenvalue weighted by atomic mass is 9.75. The van der Waals surface area contributed by atoms with E-state index in [-0.39, 0.29) is 23.8 Å². The maximum absolute atomic E-state index is 13.8. The fourth-order valence-corrected chi connectivity index (χ4v) is 4.76. The predicted molar refractivity (Wildman–Crippen MR) is 126 cm³/mol. The van der Waals surface area contributed by atoms with Crippen LogP contribution in [0.4, 0.5) is 0 Å². The van der Waals surface area contributed by atoms with Crippen molar-refractivity contribution in [1.29, 1.82) is 0 Å². The van der Waals surface area contributed by atoms with Crippen molar-refractivity contribution in [3.05, 3.63) is 23.3 Å². The van der Waals surface area contributed by atoms with E-state index in [0.717, 1.165) is 12.8 Å². The second-order valence-electron chi connectivity index (χ2n) is 8.97. The van der Waals surface area contributed by atoms with Gasteiger partial charge in [-0.25, -0.2) is 5.48 Å². The Labute approximate surface area is 201 Å². The summed E-state index contributed by atoms with van der Waals surface area (Å²) in [4.78, 5) is 40.9. The highest BCUT2D eigenvalue weighted by Crippen LogP contribution is 2.35. The minimum atomic E-state index is -0.721. The summed E-state index contributed by atoms with van der Waals surface area (Å²) in [6.07, 6.45) is 9.40. The van der Waals surface area contributed by atoms with E-state index in [1.807, 2.05) is 32.9 Å². The average Bonchev–Trinajstić information content (AvgIpc) is 2.81. The summed E-state index contributed by atoms with van der Waals surface area (Å²) < 4.78 is 5.51. The maximum Gasteiger partial charge on any atom is 0.247 e. The van der Waals surface area contributed by atoms with E-state index in [4.69, 9.17) is 16.3 Å². The molecule has 0 bridgehead atoms. The van der Waals surface area contributed by atoms with Gasteiger partial charge in [0.15, 0.2) is 0 Å². The smallest absolute Gasteiger partial charge is 0.247 e. The van der Waals surface area contributed by atoms with Crippen LogP contribution in [0.3, 0.4) is 0 Å². The van der Waals surface area contributed by atoms with Gasteiger partial charge in [0, 0.05) is 24.7 Å². The number of hydroxylamine groups is 1. The van der Waals surface area contributed by atoms with Gasteiger partial charge in [0.2, 0.25) is 17.7 Å². The maximum atomic E-state index is 13.8. The first-order valence-corrected chi connectivity index (χ1v) is 12.4. The summed E-state index contributed by atoms with van der Waals surface area (Å²) in [7, 11) is 0. The number of piperidine rings is 1. The Morgan fingerprint density at radius 3 is 2.67 bits per heavy atom. The van der Waals surface area contributed by atoms with Gasteiger partial charge < -0.3 is 15.0 Å². The quantitative estimate of drug-likeness (QED) is 0.238. The number of nitrogens with zero attached hydrogens (tertiary/aromatic N) is 1. The van der Waals surface area contributed by atoms with Crippen LogP contribution >= 0.6 is 11.6 Å². The fourth-order valence-electron chi connectivity index (χ4n) is 4.60. The number of nitrogens with one attached hydrogen (secondary N) is 2. The number of carbonyl (C=O) groups is 3. The van der Waals surface area contributed by atoms with Crippen molar-refractivity contribution in [2.75, 3.05) is 19.7 Å². The van der Waals surface area contributed by atoms with Gasteiger partial charge in [-0.3, -0.25) is 19.6 Å². The molecule has 1 aliphatic carbocycles. The third-order valence-corrected chi connectivity index (χ3v) is 6.59. The highest BCUT2D eigenvalue weighted by Gasteiger charge is 2.43. The molecule has 3 amide bonds. The molecular weight excluding hydrogens is 446 g/mol. The summed E-state index contributed by atoms with van der Waals surface area (Å²) in [6.45, 7) is 7.25. The molecule has 8 nitrogen and oxygen atoms in total. The Morgan fingerprint density at radius 2 is 2.06 bits per heavy atom. The van der Waals surface area contributed by atoms with Crippen molar-refractivity contribution in [2.45, 2.75) is 71.4 Å². The molecule has 4 atom stereocenters. The van der Waals surface area contributed by atoms with Crippen LogP contribution in [0, 0.1) is 17.8 Å². The van der Waals surface area contributed by atoms with E-state index >= 15 is 0 Å². The van der Waals surface area contributed by atoms with E-state index in [2.05, 4.69) is 5.32 Å². The van der Waals surface area contributed by atoms with E-state index in [9.17, 15) is 19.6 Å². The third kappa shape index (κ3) is 7.83. The molecule has 0 radical (unpaired) electrons. The summed E-state index contributed by atoms with van der Waals surface area (Å²) >= 11 is 6.07. The molecule has 1 saturated heterocycles. The number of allylic oxidation sites excluding steroid dienone is 4. The first kappa shape index (κ1) is 27.3. The molecule has 2 aliphatic rings. The summed E-state index contributed by atoms with van der Waals surface area (Å²) in [5.74, 6) is -2.66. The number of halogens is 1. The first-order chi connectivity index (χ1) is 15.8. The number of carbonyl (C=O) groups excluding carboxylic acids is 3. The fraction of sp³-hybridized carbons (Fsp3) is 0.708. The standard InChI is InChI=1S/C24H38ClN3O5/c1-4-19(22(29)27-32)21(17-9-11-18(25)12-10-17)24(31)28-14-6-5-8-20(28)23(30)26-13-7-15-33-16(2)3/h9,11-12,16-17,19-21,32H,4-8,10,13-15H2,1-3H3,(H,26,30)(H,27,29)/t17?,19-,20-,21+/m0/s1. The Bertz CT molecular complexity index is 740. The normalized spacial score (nSPS) is 22.5. The molecule has 1 heterocycles. The van der Waals surface area contributed by atoms with Crippen LogP contribution in [0.2, 0.25) is 0 Å². The lowest BCUT2D eigenvalue weighted by molar-refractivity contribution is -0.152. The van der Waals surface area contributed by atoms with Gasteiger partial charge in [-0.2, -0.15) is 0 Å². The van der Waals surface area contributed by atoms with Gasteiger partial charge >= 0.3 is 0 Å². The van der Waals surface area contributed by atoms with Crippen molar-refractivity contribution in [2.24, 2.45) is 17.8 Å². The van der Waals surface area contributed by atoms with E-state index < -0.39 is 23.8 Å². The lowest BCUT2D eigenvalue weighted by Crippen LogP contribution is -2.56. The molecule has 9 heteroatoms. The van der Waals surface area contributed by atoms with Crippen LogP contribution in [0.1, 0.15) is 59.3 Å². The Balaban J connectivity index is 2.17. The first-order valence-electron chi connectivity index (χ1n) is 12.0. The molecule has 0 aromatic heterocycles. The molecule has 0 saturated carbocycles. The number of likely N-dealkylation sites (tertiary alicyclic amines) is 1. The van der Waals surface area contributed by atoms with Crippen molar-refractivity contribution in [1.82, 2.24) is 15.7 Å². The molecule has 0 aromatic rings. The molecule has 2 rings (SSSR count). The molecule has 0 spiro atoms. The number of rotatable bonds is 11. The SMILES string of the molecule is CC[C@H](C(=O)NO)[C@H](C(=O)N1CCCC[C@H]1C(=O)NCCCOC(C)C)C1C=CC(Cl)=CC1. The van der Waals surface area contributed by atoms with E-state index in [1.165, 1.54) is 0 Å². The van der Waals surface area contributed by atoms with Gasteiger partial charge in [0.1, 0.15) is 6.04 Å². The average molecular weight is 484 g/mol. The molecule has 3 N–H and O–H groups in total. The second kappa shape index (κ2) is 13.7. The minimum Gasteiger partial charge on any atom is -0.379 e. The van der Waals surface area contributed by atoms with Crippen molar-refractivity contribution in [3.8, 4) is 0 Å². The molecule has 1 aliphatic heterocycles. The Morgan fingerprint density at radius 1 is 1.30 bits per heavy atom. The minimum absolute atomic E-state index is 0.144. The third-order valence-electron chi connectivity index (χ3n) is 6.31. The predicted octanol–water partition coefficient (Wildman–Crippen LogP) is 3.15.